The number of phenolic OH excluding ortho intramolecular Hbond substituents is 1. The number of fused-ring (bicyclic) bond motifs is 1. The van der Waals surface area contributed by atoms with Crippen LogP contribution in [0.15, 0.2) is 66.7 Å². The van der Waals surface area contributed by atoms with Crippen molar-refractivity contribution in [3.63, 3.8) is 0 Å². The number of hydrogen-bond donors (Lipinski definition) is 2. The highest BCUT2D eigenvalue weighted by atomic mass is 32.1. The fourth-order valence-corrected chi connectivity index (χ4v) is 5.89. The number of carbonyl (C=O) groups is 1. The third-order valence-corrected chi connectivity index (χ3v) is 8.06. The van der Waals surface area contributed by atoms with Crippen LogP contribution in [0.3, 0.4) is 0 Å². The molecule has 4 aromatic rings. The Morgan fingerprint density at radius 3 is 2.41 bits per heavy atom. The van der Waals surface area contributed by atoms with E-state index in [0.717, 1.165) is 38.6 Å². The van der Waals surface area contributed by atoms with Crippen molar-refractivity contribution in [2.75, 3.05) is 32.8 Å². The minimum absolute atomic E-state index is 0.0776. The third-order valence-electron chi connectivity index (χ3n) is 6.88. The monoisotopic (exact) mass is 544 g/mol. The van der Waals surface area contributed by atoms with Crippen LogP contribution in [0, 0.1) is 5.92 Å². The van der Waals surface area contributed by atoms with Crippen molar-refractivity contribution >= 4 is 27.3 Å². The van der Waals surface area contributed by atoms with Crippen molar-refractivity contribution in [1.82, 2.24) is 10.2 Å². The molecule has 1 aromatic heterocycles. The largest absolute Gasteiger partial charge is 0.508 e. The number of nitrogens with one attached hydrogen (secondary N) is 1. The average molecular weight is 545 g/mol. The molecule has 5 rings (SSSR count). The summed E-state index contributed by atoms with van der Waals surface area (Å²) in [7, 11) is 0. The highest BCUT2D eigenvalue weighted by molar-refractivity contribution is 7.22. The van der Waals surface area contributed by atoms with E-state index in [-0.39, 0.29) is 11.7 Å². The van der Waals surface area contributed by atoms with Crippen molar-refractivity contribution in [3.05, 3.63) is 72.3 Å². The number of thiophene rings is 1. The lowest BCUT2D eigenvalue weighted by atomic mass is 10.1. The topological polar surface area (TPSA) is 71.0 Å². The Morgan fingerprint density at radius 2 is 1.69 bits per heavy atom. The van der Waals surface area contributed by atoms with Gasteiger partial charge in [0.05, 0.1) is 4.88 Å². The van der Waals surface area contributed by atoms with Gasteiger partial charge in [0.15, 0.2) is 5.75 Å². The van der Waals surface area contributed by atoms with Crippen molar-refractivity contribution in [2.24, 2.45) is 5.92 Å². The Labute approximate surface area is 234 Å². The Hall–Kier alpha value is -3.55. The van der Waals surface area contributed by atoms with E-state index < -0.39 is 0 Å². The number of hydrogen-bond acceptors (Lipinski definition) is 6. The first-order valence-corrected chi connectivity index (χ1v) is 14.5. The Bertz CT molecular complexity index is 1390. The molecule has 7 heteroatoms. The first-order chi connectivity index (χ1) is 19.0. The summed E-state index contributed by atoms with van der Waals surface area (Å²) in [6.45, 7) is 8.74. The molecule has 2 N–H and O–H groups in total. The summed E-state index contributed by atoms with van der Waals surface area (Å²) in [5, 5.41) is 14.0. The van der Waals surface area contributed by atoms with E-state index in [2.05, 4.69) is 24.1 Å². The molecule has 0 aliphatic carbocycles. The number of rotatable bonds is 10. The zero-order valence-corrected chi connectivity index (χ0v) is 23.4. The van der Waals surface area contributed by atoms with Crippen molar-refractivity contribution < 1.29 is 19.4 Å². The fourth-order valence-electron chi connectivity index (χ4n) is 4.72. The first-order valence-electron chi connectivity index (χ1n) is 13.7. The molecule has 1 saturated heterocycles. The van der Waals surface area contributed by atoms with Gasteiger partial charge in [-0.1, -0.05) is 32.4 Å². The number of aromatic hydroxyl groups is 1. The van der Waals surface area contributed by atoms with Gasteiger partial charge >= 0.3 is 0 Å². The molecule has 3 aromatic carbocycles. The molecule has 1 aliphatic rings. The van der Waals surface area contributed by atoms with E-state index >= 15 is 0 Å². The summed E-state index contributed by atoms with van der Waals surface area (Å²) in [6, 6.07) is 20.6. The molecule has 0 saturated carbocycles. The maximum absolute atomic E-state index is 12.5. The molecule has 0 bridgehead atoms. The third kappa shape index (κ3) is 6.91. The van der Waals surface area contributed by atoms with Gasteiger partial charge in [-0.25, -0.2) is 0 Å². The van der Waals surface area contributed by atoms with Crippen molar-refractivity contribution in [3.8, 4) is 33.4 Å². The number of amides is 1. The Morgan fingerprint density at radius 1 is 0.974 bits per heavy atom. The molecule has 0 unspecified atom stereocenters. The molecule has 39 heavy (non-hydrogen) atoms. The number of phenols is 1. The minimum atomic E-state index is -0.0776. The number of nitrogens with zero attached hydrogens (tertiary/aromatic N) is 1. The summed E-state index contributed by atoms with van der Waals surface area (Å²) in [6.07, 6.45) is 3.90. The van der Waals surface area contributed by atoms with Gasteiger partial charge in [-0.3, -0.25) is 9.69 Å². The normalized spacial score (nSPS) is 14.0. The van der Waals surface area contributed by atoms with Crippen LogP contribution in [-0.4, -0.2) is 48.7 Å². The number of piperidine rings is 1. The van der Waals surface area contributed by atoms with Gasteiger partial charge in [0.25, 0.3) is 5.91 Å². The molecule has 0 atom stereocenters. The molecular formula is C32H36N2O4S. The lowest BCUT2D eigenvalue weighted by Crippen LogP contribution is -2.33. The predicted molar refractivity (Wildman–Crippen MR) is 158 cm³/mol. The van der Waals surface area contributed by atoms with Crippen LogP contribution in [0.2, 0.25) is 0 Å². The van der Waals surface area contributed by atoms with Crippen LogP contribution >= 0.6 is 11.3 Å². The first kappa shape index (κ1) is 27.0. The van der Waals surface area contributed by atoms with Crippen LogP contribution in [0.4, 0.5) is 0 Å². The number of ether oxygens (including phenoxy) is 2. The Kier molecular flexibility index (Phi) is 8.69. The van der Waals surface area contributed by atoms with Crippen molar-refractivity contribution in [2.45, 2.75) is 33.1 Å². The highest BCUT2D eigenvalue weighted by Gasteiger charge is 2.18. The second kappa shape index (κ2) is 12.5. The lowest BCUT2D eigenvalue weighted by molar-refractivity contribution is 0.0949. The molecular weight excluding hydrogens is 508 g/mol. The van der Waals surface area contributed by atoms with E-state index in [9.17, 15) is 9.90 Å². The van der Waals surface area contributed by atoms with Gasteiger partial charge in [0, 0.05) is 28.7 Å². The maximum Gasteiger partial charge on any atom is 0.251 e. The van der Waals surface area contributed by atoms with Gasteiger partial charge in [-0.2, -0.15) is 0 Å². The van der Waals surface area contributed by atoms with E-state index in [1.54, 1.807) is 23.5 Å². The SMILES string of the molecule is CC(C)CNC(=O)c1ccc(-c2sc3cc(O)ccc3c2Oc2ccc(OCCN3CCCCC3)cc2)cc1. The zero-order chi connectivity index (χ0) is 27.2. The molecule has 1 aliphatic heterocycles. The second-order valence-corrected chi connectivity index (χ2v) is 11.5. The van der Waals surface area contributed by atoms with Crippen LogP contribution in [0.1, 0.15) is 43.5 Å². The van der Waals surface area contributed by atoms with Gasteiger partial charge in [0.1, 0.15) is 23.9 Å². The van der Waals surface area contributed by atoms with Gasteiger partial charge in [0.2, 0.25) is 0 Å². The lowest BCUT2D eigenvalue weighted by Gasteiger charge is -2.26. The second-order valence-electron chi connectivity index (χ2n) is 10.4. The van der Waals surface area contributed by atoms with Crippen molar-refractivity contribution in [1.29, 1.82) is 0 Å². The molecule has 0 spiro atoms. The van der Waals surface area contributed by atoms with Gasteiger partial charge < -0.3 is 19.9 Å². The summed E-state index contributed by atoms with van der Waals surface area (Å²) < 4.78 is 13.3. The standard InChI is InChI=1S/C32H36N2O4S/c1-22(2)21-33-32(36)24-8-6-23(7-9-24)31-30(28-15-10-25(35)20-29(28)39-31)38-27-13-11-26(12-14-27)37-19-18-34-16-4-3-5-17-34/h6-15,20,22,35H,3-5,16-19,21H2,1-2H3,(H,33,36). The van der Waals surface area contributed by atoms with E-state index in [0.29, 0.717) is 30.4 Å². The maximum atomic E-state index is 12.5. The van der Waals surface area contributed by atoms with Gasteiger partial charge in [-0.05, 0) is 92.0 Å². The molecule has 2 heterocycles. The quantitative estimate of drug-likeness (QED) is 0.219. The number of likely N-dealkylation sites (tertiary alicyclic amines) is 1. The average Bonchev–Trinajstić information content (AvgIpc) is 3.30. The van der Waals surface area contributed by atoms with E-state index in [1.807, 2.05) is 54.6 Å². The highest BCUT2D eigenvalue weighted by Crippen LogP contribution is 2.47. The van der Waals surface area contributed by atoms with Gasteiger partial charge in [-0.15, -0.1) is 11.3 Å². The number of benzene rings is 3. The molecule has 1 fully saturated rings. The van der Waals surface area contributed by atoms with Crippen LogP contribution in [-0.2, 0) is 0 Å². The molecule has 1 amide bonds. The Balaban J connectivity index is 1.32. The molecule has 6 nitrogen and oxygen atoms in total. The zero-order valence-electron chi connectivity index (χ0n) is 22.6. The molecule has 204 valence electrons. The minimum Gasteiger partial charge on any atom is -0.508 e. The summed E-state index contributed by atoms with van der Waals surface area (Å²) in [5.74, 6) is 2.79. The van der Waals surface area contributed by atoms with Crippen LogP contribution in [0.25, 0.3) is 20.5 Å². The smallest absolute Gasteiger partial charge is 0.251 e. The fraction of sp³-hybridized carbons (Fsp3) is 0.344. The summed E-state index contributed by atoms with van der Waals surface area (Å²) in [5.41, 5.74) is 1.57. The summed E-state index contributed by atoms with van der Waals surface area (Å²) >= 11 is 1.55. The van der Waals surface area contributed by atoms with E-state index in [1.165, 1.54) is 32.4 Å². The number of carbonyl (C=O) groups excluding carboxylic acids is 1. The van der Waals surface area contributed by atoms with Crippen LogP contribution in [0.5, 0.6) is 23.0 Å². The summed E-state index contributed by atoms with van der Waals surface area (Å²) in [4.78, 5) is 15.9. The van der Waals surface area contributed by atoms with Crippen LogP contribution < -0.4 is 14.8 Å². The molecule has 0 radical (unpaired) electrons. The predicted octanol–water partition coefficient (Wildman–Crippen LogP) is 7.32. The van der Waals surface area contributed by atoms with E-state index in [4.69, 9.17) is 9.47 Å².